The number of ether oxygens (including phenoxy) is 2. The summed E-state index contributed by atoms with van der Waals surface area (Å²) in [5.41, 5.74) is 0. The lowest BCUT2D eigenvalue weighted by Gasteiger charge is -2.32. The third-order valence-corrected chi connectivity index (χ3v) is 4.27. The fourth-order valence-corrected chi connectivity index (χ4v) is 3.09. The zero-order chi connectivity index (χ0) is 11.4. The summed E-state index contributed by atoms with van der Waals surface area (Å²) in [4.78, 5) is 0. The van der Waals surface area contributed by atoms with E-state index in [1.807, 2.05) is 7.11 Å². The molecule has 0 bridgehead atoms. The van der Waals surface area contributed by atoms with Crippen LogP contribution in [0, 0.1) is 11.8 Å². The maximum atomic E-state index is 5.83. The van der Waals surface area contributed by atoms with Gasteiger partial charge in [0.2, 0.25) is 0 Å². The Balaban J connectivity index is 1.46. The summed E-state index contributed by atoms with van der Waals surface area (Å²) in [6.07, 6.45) is 10.2. The molecule has 2 heteroatoms. The Morgan fingerprint density at radius 2 is 1.88 bits per heavy atom. The lowest BCUT2D eigenvalue weighted by molar-refractivity contribution is -0.0275. The van der Waals surface area contributed by atoms with Crippen LogP contribution in [-0.4, -0.2) is 25.9 Å². The maximum Gasteiger partial charge on any atom is 0.0580 e. The van der Waals surface area contributed by atoms with Gasteiger partial charge in [0.25, 0.3) is 0 Å². The lowest BCUT2D eigenvalue weighted by Crippen LogP contribution is -2.29. The highest BCUT2D eigenvalue weighted by Crippen LogP contribution is 2.32. The number of hydrogen-bond acceptors (Lipinski definition) is 2. The molecule has 2 atom stereocenters. The molecule has 0 N–H and O–H groups in total. The topological polar surface area (TPSA) is 18.5 Å². The Bertz CT molecular complexity index is 199. The van der Waals surface area contributed by atoms with E-state index in [1.165, 1.54) is 44.9 Å². The van der Waals surface area contributed by atoms with Crippen LogP contribution < -0.4 is 0 Å². The van der Waals surface area contributed by atoms with E-state index in [2.05, 4.69) is 6.92 Å². The summed E-state index contributed by atoms with van der Waals surface area (Å²) in [6, 6.07) is 0. The Labute approximate surface area is 99.7 Å². The molecule has 0 aromatic carbocycles. The Hall–Kier alpha value is -0.0800. The summed E-state index contributed by atoms with van der Waals surface area (Å²) in [5.74, 6) is 1.80. The Morgan fingerprint density at radius 1 is 1.06 bits per heavy atom. The predicted octanol–water partition coefficient (Wildman–Crippen LogP) is 3.40. The third kappa shape index (κ3) is 3.46. The molecule has 2 saturated carbocycles. The molecule has 16 heavy (non-hydrogen) atoms. The lowest BCUT2D eigenvalue weighted by atomic mass is 9.84. The minimum atomic E-state index is 0.540. The van der Waals surface area contributed by atoms with Crippen LogP contribution in [0.4, 0.5) is 0 Å². The highest BCUT2D eigenvalue weighted by Gasteiger charge is 2.26. The highest BCUT2D eigenvalue weighted by atomic mass is 16.5. The standard InChI is InChI=1S/C14H26O2/c1-11-8-14(9-11)16-7-3-4-12-5-6-13(10-12)15-2/h11-14H,3-10H2,1-2H3. The first kappa shape index (κ1) is 12.4. The molecule has 94 valence electrons. The van der Waals surface area contributed by atoms with Gasteiger partial charge in [-0.15, -0.1) is 0 Å². The largest absolute Gasteiger partial charge is 0.381 e. The first-order chi connectivity index (χ1) is 7.78. The summed E-state index contributed by atoms with van der Waals surface area (Å²) in [7, 11) is 1.84. The van der Waals surface area contributed by atoms with Gasteiger partial charge in [-0.2, -0.15) is 0 Å². The molecular weight excluding hydrogens is 200 g/mol. The number of rotatable bonds is 6. The van der Waals surface area contributed by atoms with E-state index in [1.54, 1.807) is 0 Å². The van der Waals surface area contributed by atoms with Crippen molar-refractivity contribution in [2.75, 3.05) is 13.7 Å². The number of hydrogen-bond donors (Lipinski definition) is 0. The van der Waals surface area contributed by atoms with Gasteiger partial charge in [0.05, 0.1) is 12.2 Å². The van der Waals surface area contributed by atoms with Crippen LogP contribution in [0.1, 0.15) is 51.9 Å². The van der Waals surface area contributed by atoms with Crippen LogP contribution in [0.5, 0.6) is 0 Å². The van der Waals surface area contributed by atoms with Crippen LogP contribution in [0.15, 0.2) is 0 Å². The average Bonchev–Trinajstić information content (AvgIpc) is 2.69. The zero-order valence-corrected chi connectivity index (χ0v) is 10.8. The van der Waals surface area contributed by atoms with Crippen molar-refractivity contribution in [1.82, 2.24) is 0 Å². The van der Waals surface area contributed by atoms with Crippen LogP contribution >= 0.6 is 0 Å². The second-order valence-electron chi connectivity index (χ2n) is 5.75. The van der Waals surface area contributed by atoms with Gasteiger partial charge in [-0.05, 0) is 56.8 Å². The van der Waals surface area contributed by atoms with Gasteiger partial charge in [0.15, 0.2) is 0 Å². The SMILES string of the molecule is COC1CCC(CCCOC2CC(C)C2)C1. The summed E-state index contributed by atoms with van der Waals surface area (Å²) in [6.45, 7) is 3.29. The molecule has 2 aliphatic rings. The molecule has 2 rings (SSSR count). The van der Waals surface area contributed by atoms with Gasteiger partial charge in [-0.25, -0.2) is 0 Å². The Kier molecular flexibility index (Phi) is 4.66. The van der Waals surface area contributed by atoms with Crippen molar-refractivity contribution >= 4 is 0 Å². The molecular formula is C14H26O2. The fraction of sp³-hybridized carbons (Fsp3) is 1.00. The zero-order valence-electron chi connectivity index (χ0n) is 10.8. The molecule has 0 aromatic heterocycles. The molecule has 2 unspecified atom stereocenters. The average molecular weight is 226 g/mol. The van der Waals surface area contributed by atoms with Crippen LogP contribution in [-0.2, 0) is 9.47 Å². The monoisotopic (exact) mass is 226 g/mol. The van der Waals surface area contributed by atoms with Crippen LogP contribution in [0.3, 0.4) is 0 Å². The van der Waals surface area contributed by atoms with E-state index in [0.29, 0.717) is 12.2 Å². The minimum absolute atomic E-state index is 0.540. The Morgan fingerprint density at radius 3 is 2.50 bits per heavy atom. The highest BCUT2D eigenvalue weighted by molar-refractivity contribution is 4.77. The van der Waals surface area contributed by atoms with Crippen molar-refractivity contribution in [3.05, 3.63) is 0 Å². The summed E-state index contributed by atoms with van der Waals surface area (Å²) >= 11 is 0. The van der Waals surface area contributed by atoms with Gasteiger partial charge < -0.3 is 9.47 Å². The van der Waals surface area contributed by atoms with Gasteiger partial charge in [-0.1, -0.05) is 6.92 Å². The molecule has 0 radical (unpaired) electrons. The van der Waals surface area contributed by atoms with Gasteiger partial charge in [0.1, 0.15) is 0 Å². The van der Waals surface area contributed by atoms with E-state index in [0.717, 1.165) is 18.4 Å². The van der Waals surface area contributed by atoms with Crippen molar-refractivity contribution in [3.63, 3.8) is 0 Å². The van der Waals surface area contributed by atoms with Crippen molar-refractivity contribution in [1.29, 1.82) is 0 Å². The molecule has 0 aliphatic heterocycles. The van der Waals surface area contributed by atoms with E-state index in [9.17, 15) is 0 Å². The second-order valence-corrected chi connectivity index (χ2v) is 5.75. The van der Waals surface area contributed by atoms with Crippen molar-refractivity contribution in [2.24, 2.45) is 11.8 Å². The molecule has 2 nitrogen and oxygen atoms in total. The van der Waals surface area contributed by atoms with E-state index in [-0.39, 0.29) is 0 Å². The first-order valence-electron chi connectivity index (χ1n) is 6.92. The van der Waals surface area contributed by atoms with Gasteiger partial charge in [-0.3, -0.25) is 0 Å². The molecule has 2 fully saturated rings. The molecule has 0 spiro atoms. The molecule has 0 amide bonds. The van der Waals surface area contributed by atoms with Crippen LogP contribution in [0.25, 0.3) is 0 Å². The third-order valence-electron chi connectivity index (χ3n) is 4.27. The quantitative estimate of drug-likeness (QED) is 0.646. The molecule has 2 aliphatic carbocycles. The van der Waals surface area contributed by atoms with Crippen molar-refractivity contribution in [2.45, 2.75) is 64.1 Å². The van der Waals surface area contributed by atoms with E-state index >= 15 is 0 Å². The van der Waals surface area contributed by atoms with Gasteiger partial charge >= 0.3 is 0 Å². The molecule has 0 saturated heterocycles. The van der Waals surface area contributed by atoms with E-state index in [4.69, 9.17) is 9.47 Å². The van der Waals surface area contributed by atoms with Crippen molar-refractivity contribution < 1.29 is 9.47 Å². The molecule has 0 heterocycles. The van der Waals surface area contributed by atoms with Gasteiger partial charge in [0, 0.05) is 13.7 Å². The van der Waals surface area contributed by atoms with Crippen LogP contribution in [0.2, 0.25) is 0 Å². The van der Waals surface area contributed by atoms with E-state index < -0.39 is 0 Å². The predicted molar refractivity (Wildman–Crippen MR) is 65.5 cm³/mol. The normalized spacial score (nSPS) is 38.6. The minimum Gasteiger partial charge on any atom is -0.381 e. The maximum absolute atomic E-state index is 5.83. The summed E-state index contributed by atoms with van der Waals surface area (Å²) < 4.78 is 11.2. The fourth-order valence-electron chi connectivity index (χ4n) is 3.09. The number of methoxy groups -OCH3 is 1. The summed E-state index contributed by atoms with van der Waals surface area (Å²) in [5, 5.41) is 0. The molecule has 0 aromatic rings. The second kappa shape index (κ2) is 6.02. The van der Waals surface area contributed by atoms with Crippen molar-refractivity contribution in [3.8, 4) is 0 Å². The smallest absolute Gasteiger partial charge is 0.0580 e. The first-order valence-corrected chi connectivity index (χ1v) is 6.92.